The van der Waals surface area contributed by atoms with E-state index in [1.54, 1.807) is 12.4 Å². The zero-order chi connectivity index (χ0) is 19.5. The molecule has 4 rings (SSSR count). The van der Waals surface area contributed by atoms with Gasteiger partial charge in [0.15, 0.2) is 0 Å². The quantitative estimate of drug-likeness (QED) is 0.544. The molecule has 0 fully saturated rings. The van der Waals surface area contributed by atoms with Gasteiger partial charge < -0.3 is 10.2 Å². The van der Waals surface area contributed by atoms with Crippen LogP contribution in [0.2, 0.25) is 0 Å². The number of nitrogens with zero attached hydrogens (tertiary/aromatic N) is 3. The maximum absolute atomic E-state index is 12.8. The average molecular weight is 370 g/mol. The summed E-state index contributed by atoms with van der Waals surface area (Å²) >= 11 is 0. The number of aromatic nitrogens is 2. The topological polar surface area (TPSA) is 58.1 Å². The highest BCUT2D eigenvalue weighted by atomic mass is 16.1. The lowest BCUT2D eigenvalue weighted by molar-refractivity contribution is 0.0952. The molecule has 4 aromatic rings. The summed E-state index contributed by atoms with van der Waals surface area (Å²) in [6.45, 7) is 1.37. The first-order valence-electron chi connectivity index (χ1n) is 9.30. The van der Waals surface area contributed by atoms with Gasteiger partial charge in [-0.3, -0.25) is 9.78 Å². The lowest BCUT2D eigenvalue weighted by atomic mass is 9.99. The number of fused-ring (bicyclic) bond motifs is 3. The third-order valence-corrected chi connectivity index (χ3v) is 4.76. The van der Waals surface area contributed by atoms with Gasteiger partial charge in [0.05, 0.1) is 16.8 Å². The molecule has 2 heterocycles. The van der Waals surface area contributed by atoms with E-state index in [1.165, 1.54) is 0 Å². The number of hydrogen-bond donors (Lipinski definition) is 1. The zero-order valence-corrected chi connectivity index (χ0v) is 16.0. The van der Waals surface area contributed by atoms with E-state index in [4.69, 9.17) is 4.98 Å². The van der Waals surface area contributed by atoms with Crippen LogP contribution in [0.3, 0.4) is 0 Å². The van der Waals surface area contributed by atoms with Crippen molar-refractivity contribution in [1.82, 2.24) is 20.2 Å². The first-order valence-corrected chi connectivity index (χ1v) is 9.30. The van der Waals surface area contributed by atoms with Crippen molar-refractivity contribution in [2.45, 2.75) is 0 Å². The van der Waals surface area contributed by atoms with Crippen molar-refractivity contribution < 1.29 is 4.79 Å². The smallest absolute Gasteiger partial charge is 0.253 e. The Balaban J connectivity index is 1.90. The van der Waals surface area contributed by atoms with Gasteiger partial charge in [-0.15, -0.1) is 0 Å². The predicted molar refractivity (Wildman–Crippen MR) is 113 cm³/mol. The summed E-state index contributed by atoms with van der Waals surface area (Å²) in [5.41, 5.74) is 3.07. The Morgan fingerprint density at radius 1 is 0.964 bits per heavy atom. The van der Waals surface area contributed by atoms with Gasteiger partial charge in [0.2, 0.25) is 0 Å². The highest BCUT2D eigenvalue weighted by Gasteiger charge is 2.16. The van der Waals surface area contributed by atoms with Gasteiger partial charge in [-0.2, -0.15) is 0 Å². The van der Waals surface area contributed by atoms with E-state index in [2.05, 4.69) is 22.4 Å². The van der Waals surface area contributed by atoms with Crippen LogP contribution >= 0.6 is 0 Å². The first-order chi connectivity index (χ1) is 13.6. The standard InChI is InChI=1S/C23H22N4O/c1-27(2)14-13-25-23(28)20-11-5-10-19-17-8-3-4-9-18(17)21(26-22(19)20)16-7-6-12-24-15-16/h3-12,15H,13-14H2,1-2H3,(H,25,28). The minimum atomic E-state index is -0.104. The summed E-state index contributed by atoms with van der Waals surface area (Å²) in [7, 11) is 3.97. The molecule has 0 aliphatic carbocycles. The largest absolute Gasteiger partial charge is 0.351 e. The highest BCUT2D eigenvalue weighted by Crippen LogP contribution is 2.33. The molecule has 0 aliphatic heterocycles. The van der Waals surface area contributed by atoms with Crippen LogP contribution in [0.4, 0.5) is 0 Å². The zero-order valence-electron chi connectivity index (χ0n) is 16.0. The van der Waals surface area contributed by atoms with E-state index < -0.39 is 0 Å². The number of benzene rings is 2. The Labute approximate surface area is 164 Å². The second-order valence-electron chi connectivity index (χ2n) is 7.01. The fourth-order valence-corrected chi connectivity index (χ4v) is 3.37. The molecule has 140 valence electrons. The first kappa shape index (κ1) is 18.1. The number of rotatable bonds is 5. The number of likely N-dealkylation sites (N-methyl/N-ethyl adjacent to an activating group) is 1. The van der Waals surface area contributed by atoms with Gasteiger partial charge >= 0.3 is 0 Å². The van der Waals surface area contributed by atoms with E-state index in [-0.39, 0.29) is 5.91 Å². The van der Waals surface area contributed by atoms with Crippen LogP contribution in [0.5, 0.6) is 0 Å². The van der Waals surface area contributed by atoms with Crippen molar-refractivity contribution in [3.63, 3.8) is 0 Å². The van der Waals surface area contributed by atoms with Gasteiger partial charge in [0, 0.05) is 41.8 Å². The third-order valence-electron chi connectivity index (χ3n) is 4.76. The normalized spacial score (nSPS) is 11.2. The molecule has 0 unspecified atom stereocenters. The molecular weight excluding hydrogens is 348 g/mol. The van der Waals surface area contributed by atoms with E-state index in [9.17, 15) is 4.79 Å². The van der Waals surface area contributed by atoms with Crippen LogP contribution in [-0.2, 0) is 0 Å². The lowest BCUT2D eigenvalue weighted by Crippen LogP contribution is -2.31. The Morgan fingerprint density at radius 3 is 2.50 bits per heavy atom. The predicted octanol–water partition coefficient (Wildman–Crippen LogP) is 3.74. The molecule has 2 aromatic heterocycles. The second kappa shape index (κ2) is 7.74. The van der Waals surface area contributed by atoms with Crippen molar-refractivity contribution in [2.75, 3.05) is 27.2 Å². The molecule has 1 amide bonds. The van der Waals surface area contributed by atoms with Gasteiger partial charge in [-0.05, 0) is 37.7 Å². The average Bonchev–Trinajstić information content (AvgIpc) is 2.73. The summed E-state index contributed by atoms with van der Waals surface area (Å²) < 4.78 is 0. The Kier molecular flexibility index (Phi) is 5.00. The molecule has 0 radical (unpaired) electrons. The molecular formula is C23H22N4O. The van der Waals surface area contributed by atoms with Crippen molar-refractivity contribution >= 4 is 27.6 Å². The van der Waals surface area contributed by atoms with Gasteiger partial charge in [0.25, 0.3) is 5.91 Å². The molecule has 0 aliphatic rings. The maximum atomic E-state index is 12.8. The summed E-state index contributed by atoms with van der Waals surface area (Å²) in [5, 5.41) is 6.10. The molecule has 0 spiro atoms. The fraction of sp³-hybridized carbons (Fsp3) is 0.174. The Hall–Kier alpha value is -3.31. The van der Waals surface area contributed by atoms with Gasteiger partial charge in [-0.25, -0.2) is 4.98 Å². The van der Waals surface area contributed by atoms with E-state index in [1.807, 2.05) is 61.5 Å². The summed E-state index contributed by atoms with van der Waals surface area (Å²) in [6.07, 6.45) is 3.55. The Bertz CT molecular complexity index is 1140. The Morgan fingerprint density at radius 2 is 1.75 bits per heavy atom. The SMILES string of the molecule is CN(C)CCNC(=O)c1cccc2c1nc(-c1cccnc1)c1ccccc12. The van der Waals surface area contributed by atoms with Crippen LogP contribution in [-0.4, -0.2) is 48.0 Å². The monoisotopic (exact) mass is 370 g/mol. The summed E-state index contributed by atoms with van der Waals surface area (Å²) in [5.74, 6) is -0.104. The molecule has 28 heavy (non-hydrogen) atoms. The molecule has 2 aromatic carbocycles. The van der Waals surface area contributed by atoms with Crippen LogP contribution in [0.25, 0.3) is 32.9 Å². The van der Waals surface area contributed by atoms with Crippen molar-refractivity contribution in [1.29, 1.82) is 0 Å². The molecule has 5 nitrogen and oxygen atoms in total. The number of nitrogens with one attached hydrogen (secondary N) is 1. The number of carbonyl (C=O) groups is 1. The van der Waals surface area contributed by atoms with Crippen LogP contribution in [0.15, 0.2) is 67.0 Å². The van der Waals surface area contributed by atoms with E-state index in [0.717, 1.165) is 34.0 Å². The van der Waals surface area contributed by atoms with Gasteiger partial charge in [0.1, 0.15) is 0 Å². The van der Waals surface area contributed by atoms with E-state index >= 15 is 0 Å². The number of para-hydroxylation sites is 1. The van der Waals surface area contributed by atoms with Crippen molar-refractivity contribution in [3.05, 3.63) is 72.6 Å². The van der Waals surface area contributed by atoms with Crippen LogP contribution < -0.4 is 5.32 Å². The summed E-state index contributed by atoms with van der Waals surface area (Å²) in [6, 6.07) is 17.8. The molecule has 0 atom stereocenters. The summed E-state index contributed by atoms with van der Waals surface area (Å²) in [4.78, 5) is 24.0. The third kappa shape index (κ3) is 3.44. The number of carbonyl (C=O) groups excluding carboxylic acids is 1. The van der Waals surface area contributed by atoms with Crippen molar-refractivity contribution in [2.24, 2.45) is 0 Å². The molecule has 1 N–H and O–H groups in total. The van der Waals surface area contributed by atoms with Gasteiger partial charge in [-0.1, -0.05) is 36.4 Å². The highest BCUT2D eigenvalue weighted by molar-refractivity contribution is 6.16. The molecule has 0 saturated carbocycles. The van der Waals surface area contributed by atoms with Crippen LogP contribution in [0, 0.1) is 0 Å². The minimum absolute atomic E-state index is 0.104. The minimum Gasteiger partial charge on any atom is -0.351 e. The number of hydrogen-bond acceptors (Lipinski definition) is 4. The van der Waals surface area contributed by atoms with Crippen molar-refractivity contribution in [3.8, 4) is 11.3 Å². The fourth-order valence-electron chi connectivity index (χ4n) is 3.37. The number of amides is 1. The molecule has 0 saturated heterocycles. The molecule has 0 bridgehead atoms. The second-order valence-corrected chi connectivity index (χ2v) is 7.01. The maximum Gasteiger partial charge on any atom is 0.253 e. The van der Waals surface area contributed by atoms with Crippen LogP contribution in [0.1, 0.15) is 10.4 Å². The molecule has 5 heteroatoms. The van der Waals surface area contributed by atoms with E-state index in [0.29, 0.717) is 17.6 Å². The number of pyridine rings is 2. The lowest BCUT2D eigenvalue weighted by Gasteiger charge is -2.14.